The Kier molecular flexibility index (Phi) is 5.69. The van der Waals surface area contributed by atoms with E-state index in [0.717, 1.165) is 31.7 Å². The van der Waals surface area contributed by atoms with Crippen molar-refractivity contribution in [3.8, 4) is 0 Å². The number of ether oxygens (including phenoxy) is 2. The fourth-order valence-electron chi connectivity index (χ4n) is 4.15. The first kappa shape index (κ1) is 19.8. The Morgan fingerprint density at radius 2 is 1.79 bits per heavy atom. The van der Waals surface area contributed by atoms with Crippen molar-refractivity contribution in [2.45, 2.75) is 36.9 Å². The fourth-order valence-corrected chi connectivity index (χ4v) is 5.76. The van der Waals surface area contributed by atoms with Gasteiger partial charge in [-0.15, -0.1) is 0 Å². The third-order valence-corrected chi connectivity index (χ3v) is 7.55. The number of sulfonamides is 1. The first-order valence-electron chi connectivity index (χ1n) is 9.79. The zero-order valence-electron chi connectivity index (χ0n) is 15.7. The first-order chi connectivity index (χ1) is 13.5. The second-order valence-corrected chi connectivity index (χ2v) is 9.43. The van der Waals surface area contributed by atoms with Gasteiger partial charge in [-0.3, -0.25) is 4.79 Å². The number of benzene rings is 1. The van der Waals surface area contributed by atoms with E-state index < -0.39 is 20.7 Å². The molecule has 9 heteroatoms. The lowest BCUT2D eigenvalue weighted by Crippen LogP contribution is -2.43. The van der Waals surface area contributed by atoms with Crippen LogP contribution in [0.5, 0.6) is 0 Å². The molecule has 3 fully saturated rings. The quantitative estimate of drug-likeness (QED) is 0.754. The Labute approximate surface area is 164 Å². The van der Waals surface area contributed by atoms with E-state index in [9.17, 15) is 17.6 Å². The monoisotopic (exact) mass is 412 g/mol. The van der Waals surface area contributed by atoms with E-state index in [-0.39, 0.29) is 23.7 Å². The second-order valence-electron chi connectivity index (χ2n) is 7.52. The molecule has 1 unspecified atom stereocenters. The molecule has 28 heavy (non-hydrogen) atoms. The predicted molar refractivity (Wildman–Crippen MR) is 98.7 cm³/mol. The SMILES string of the molecule is O=C(c1ccc(F)c(S(=O)(=O)N2CCCC2)c1)N1CCCC(C2OCCO2)C1. The average Bonchev–Trinajstić information content (AvgIpc) is 3.42. The van der Waals surface area contributed by atoms with Crippen LogP contribution in [0.1, 0.15) is 36.0 Å². The number of rotatable bonds is 4. The van der Waals surface area contributed by atoms with Crippen LogP contribution in [-0.4, -0.2) is 69.2 Å². The molecule has 0 aromatic heterocycles. The van der Waals surface area contributed by atoms with Crippen LogP contribution in [0.4, 0.5) is 4.39 Å². The van der Waals surface area contributed by atoms with Crippen molar-refractivity contribution >= 4 is 15.9 Å². The smallest absolute Gasteiger partial charge is 0.253 e. The number of hydrogen-bond donors (Lipinski definition) is 0. The molecule has 0 bridgehead atoms. The van der Waals surface area contributed by atoms with Gasteiger partial charge in [-0.1, -0.05) is 0 Å². The zero-order chi connectivity index (χ0) is 19.7. The summed E-state index contributed by atoms with van der Waals surface area (Å²) in [6.45, 7) is 2.95. The van der Waals surface area contributed by atoms with Crippen LogP contribution in [0.2, 0.25) is 0 Å². The molecular weight excluding hydrogens is 387 g/mol. The highest BCUT2D eigenvalue weighted by atomic mass is 32.2. The van der Waals surface area contributed by atoms with Crippen LogP contribution in [0.3, 0.4) is 0 Å². The van der Waals surface area contributed by atoms with Gasteiger partial charge in [0.1, 0.15) is 10.7 Å². The number of nitrogens with zero attached hydrogens (tertiary/aromatic N) is 2. The molecule has 1 aromatic rings. The summed E-state index contributed by atoms with van der Waals surface area (Å²) >= 11 is 0. The Bertz CT molecular complexity index is 835. The van der Waals surface area contributed by atoms with E-state index in [1.165, 1.54) is 16.4 Å². The highest BCUT2D eigenvalue weighted by molar-refractivity contribution is 7.89. The molecular formula is C19H25FN2O5S. The van der Waals surface area contributed by atoms with Crippen molar-refractivity contribution in [1.82, 2.24) is 9.21 Å². The van der Waals surface area contributed by atoms with Gasteiger partial charge in [0.25, 0.3) is 5.91 Å². The van der Waals surface area contributed by atoms with Crippen LogP contribution in [0.15, 0.2) is 23.1 Å². The number of likely N-dealkylation sites (tertiary alicyclic amines) is 1. The minimum Gasteiger partial charge on any atom is -0.350 e. The summed E-state index contributed by atoms with van der Waals surface area (Å²) in [5.74, 6) is -1.03. The molecule has 0 saturated carbocycles. The summed E-state index contributed by atoms with van der Waals surface area (Å²) in [6, 6.07) is 3.60. The highest BCUT2D eigenvalue weighted by Gasteiger charge is 2.34. The maximum Gasteiger partial charge on any atom is 0.253 e. The highest BCUT2D eigenvalue weighted by Crippen LogP contribution is 2.28. The van der Waals surface area contributed by atoms with Gasteiger partial charge in [0, 0.05) is 37.7 Å². The van der Waals surface area contributed by atoms with E-state index >= 15 is 0 Å². The molecule has 3 aliphatic heterocycles. The van der Waals surface area contributed by atoms with Crippen molar-refractivity contribution < 1.29 is 27.1 Å². The molecule has 4 rings (SSSR count). The normalized spacial score (nSPS) is 24.8. The molecule has 7 nitrogen and oxygen atoms in total. The van der Waals surface area contributed by atoms with E-state index in [0.29, 0.717) is 39.4 Å². The number of hydrogen-bond acceptors (Lipinski definition) is 5. The summed E-state index contributed by atoms with van der Waals surface area (Å²) in [7, 11) is -3.93. The lowest BCUT2D eigenvalue weighted by Gasteiger charge is -2.34. The van der Waals surface area contributed by atoms with Crippen molar-refractivity contribution in [2.75, 3.05) is 39.4 Å². The third kappa shape index (κ3) is 3.80. The summed E-state index contributed by atoms with van der Waals surface area (Å²) < 4.78 is 52.3. The molecule has 3 saturated heterocycles. The van der Waals surface area contributed by atoms with Crippen LogP contribution < -0.4 is 0 Å². The molecule has 3 aliphatic rings. The van der Waals surface area contributed by atoms with Crippen molar-refractivity contribution in [3.63, 3.8) is 0 Å². The van der Waals surface area contributed by atoms with Gasteiger partial charge in [-0.05, 0) is 43.9 Å². The number of halogens is 1. The van der Waals surface area contributed by atoms with E-state index in [1.807, 2.05) is 0 Å². The summed E-state index contributed by atoms with van der Waals surface area (Å²) in [6.07, 6.45) is 2.96. The molecule has 1 aromatic carbocycles. The third-order valence-electron chi connectivity index (χ3n) is 5.64. The molecule has 0 radical (unpaired) electrons. The maximum absolute atomic E-state index is 14.3. The fraction of sp³-hybridized carbons (Fsp3) is 0.632. The summed E-state index contributed by atoms with van der Waals surface area (Å²) in [5.41, 5.74) is 0.188. The Morgan fingerprint density at radius 1 is 1.07 bits per heavy atom. The van der Waals surface area contributed by atoms with Gasteiger partial charge in [-0.25, -0.2) is 12.8 Å². The molecule has 0 N–H and O–H groups in total. The van der Waals surface area contributed by atoms with Gasteiger partial charge in [0.15, 0.2) is 6.29 Å². The van der Waals surface area contributed by atoms with Crippen molar-refractivity contribution in [2.24, 2.45) is 5.92 Å². The standard InChI is InChI=1S/C19H25FN2O5S/c20-16-6-5-14(12-17(16)28(24,25)22-8-1-2-9-22)18(23)21-7-3-4-15(13-21)19-26-10-11-27-19/h5-6,12,15,19H,1-4,7-11,13H2. The summed E-state index contributed by atoms with van der Waals surface area (Å²) in [4.78, 5) is 14.2. The number of amides is 1. The average molecular weight is 412 g/mol. The van der Waals surface area contributed by atoms with Gasteiger partial charge in [0.2, 0.25) is 10.0 Å². The number of carbonyl (C=O) groups excluding carboxylic acids is 1. The molecule has 0 aliphatic carbocycles. The Morgan fingerprint density at radius 3 is 2.50 bits per heavy atom. The summed E-state index contributed by atoms with van der Waals surface area (Å²) in [5, 5.41) is 0. The van der Waals surface area contributed by atoms with Gasteiger partial charge < -0.3 is 14.4 Å². The minimum atomic E-state index is -3.93. The molecule has 0 spiro atoms. The first-order valence-corrected chi connectivity index (χ1v) is 11.2. The molecule has 3 heterocycles. The van der Waals surface area contributed by atoms with Gasteiger partial charge in [-0.2, -0.15) is 4.31 Å². The number of piperidine rings is 1. The molecule has 154 valence electrons. The Balaban J connectivity index is 1.54. The maximum atomic E-state index is 14.3. The topological polar surface area (TPSA) is 76.2 Å². The van der Waals surface area contributed by atoms with Crippen molar-refractivity contribution in [3.05, 3.63) is 29.6 Å². The van der Waals surface area contributed by atoms with Gasteiger partial charge >= 0.3 is 0 Å². The minimum absolute atomic E-state index is 0.0912. The van der Waals surface area contributed by atoms with Gasteiger partial charge in [0.05, 0.1) is 13.2 Å². The molecule has 1 amide bonds. The zero-order valence-corrected chi connectivity index (χ0v) is 16.5. The second kappa shape index (κ2) is 8.06. The number of carbonyl (C=O) groups is 1. The van der Waals surface area contributed by atoms with Crippen LogP contribution >= 0.6 is 0 Å². The van der Waals surface area contributed by atoms with Crippen molar-refractivity contribution in [1.29, 1.82) is 0 Å². The van der Waals surface area contributed by atoms with Crippen LogP contribution in [-0.2, 0) is 19.5 Å². The predicted octanol–water partition coefficient (Wildman–Crippen LogP) is 1.84. The lowest BCUT2D eigenvalue weighted by molar-refractivity contribution is -0.0969. The lowest BCUT2D eigenvalue weighted by atomic mass is 9.96. The van der Waals surface area contributed by atoms with E-state index in [1.54, 1.807) is 4.90 Å². The Hall–Kier alpha value is -1.55. The van der Waals surface area contributed by atoms with Crippen LogP contribution in [0, 0.1) is 11.7 Å². The van der Waals surface area contributed by atoms with E-state index in [2.05, 4.69) is 0 Å². The van der Waals surface area contributed by atoms with Crippen LogP contribution in [0.25, 0.3) is 0 Å². The van der Waals surface area contributed by atoms with E-state index in [4.69, 9.17) is 9.47 Å². The largest absolute Gasteiger partial charge is 0.350 e. The molecule has 1 atom stereocenters.